The minimum atomic E-state index is -3.75. The molecule has 3 N–H and O–H groups in total. The fourth-order valence-corrected chi connectivity index (χ4v) is 5.16. The van der Waals surface area contributed by atoms with E-state index in [1.54, 1.807) is 49.7 Å². The largest absolute Gasteiger partial charge is 0.497 e. The van der Waals surface area contributed by atoms with E-state index >= 15 is 0 Å². The average Bonchev–Trinajstić information content (AvgIpc) is 3.01. The summed E-state index contributed by atoms with van der Waals surface area (Å²) in [7, 11) is -2.16. The predicted molar refractivity (Wildman–Crippen MR) is 106 cm³/mol. The maximum absolute atomic E-state index is 13.2. The molecule has 138 valence electrons. The Balaban J connectivity index is 2.18. The molecule has 3 aromatic rings. The quantitative estimate of drug-likeness (QED) is 0.554. The third-order valence-electron chi connectivity index (χ3n) is 4.07. The van der Waals surface area contributed by atoms with Gasteiger partial charge in [-0.15, -0.1) is 0 Å². The van der Waals surface area contributed by atoms with Crippen molar-refractivity contribution in [2.24, 2.45) is 5.73 Å². The summed E-state index contributed by atoms with van der Waals surface area (Å²) in [5.74, 6) is 0.675. The molecule has 2 aromatic carbocycles. The van der Waals surface area contributed by atoms with E-state index in [1.807, 2.05) is 6.07 Å². The Morgan fingerprint density at radius 3 is 2.69 bits per heavy atom. The molecule has 1 heterocycles. The van der Waals surface area contributed by atoms with Gasteiger partial charge in [0.25, 0.3) is 10.0 Å². The van der Waals surface area contributed by atoms with Gasteiger partial charge < -0.3 is 15.8 Å². The third-order valence-corrected chi connectivity index (χ3v) is 6.76. The number of fused-ring (bicyclic) bond motifs is 1. The van der Waals surface area contributed by atoms with Crippen LogP contribution >= 0.6 is 15.9 Å². The first kappa shape index (κ1) is 18.9. The molecule has 0 atom stereocenters. The first-order valence-electron chi connectivity index (χ1n) is 8.08. The lowest BCUT2D eigenvalue weighted by atomic mass is 10.1. The van der Waals surface area contributed by atoms with Gasteiger partial charge in [0.05, 0.1) is 12.6 Å². The Labute approximate surface area is 161 Å². The summed E-state index contributed by atoms with van der Waals surface area (Å²) in [6.45, 7) is 1.67. The molecule has 8 heteroatoms. The molecule has 0 amide bonds. The smallest absolute Gasteiger partial charge is 0.269 e. The van der Waals surface area contributed by atoms with Crippen LogP contribution in [-0.4, -0.2) is 32.6 Å². The summed E-state index contributed by atoms with van der Waals surface area (Å²) < 4.78 is 33.6. The fraction of sp³-hybridized carbons (Fsp3) is 0.222. The van der Waals surface area contributed by atoms with Gasteiger partial charge in [-0.05, 0) is 51.8 Å². The number of nitrogens with two attached hydrogens (primary N) is 1. The van der Waals surface area contributed by atoms with Gasteiger partial charge in [0, 0.05) is 35.7 Å². The molecule has 26 heavy (non-hydrogen) atoms. The van der Waals surface area contributed by atoms with Gasteiger partial charge >= 0.3 is 0 Å². The van der Waals surface area contributed by atoms with Gasteiger partial charge in [-0.1, -0.05) is 12.1 Å². The normalized spacial score (nSPS) is 11.8. The van der Waals surface area contributed by atoms with E-state index in [0.29, 0.717) is 35.4 Å². The molecule has 6 nitrogen and oxygen atoms in total. The minimum absolute atomic E-state index is 0.217. The summed E-state index contributed by atoms with van der Waals surface area (Å²) in [6, 6.07) is 12.1. The van der Waals surface area contributed by atoms with Crippen LogP contribution in [0.5, 0.6) is 5.75 Å². The molecule has 0 bridgehead atoms. The number of nitrogens with zero attached hydrogens (tertiary/aromatic N) is 1. The maximum atomic E-state index is 13.2. The molecule has 0 radical (unpaired) electrons. The molecular weight excluding hydrogens is 418 g/mol. The number of hydrogen-bond acceptors (Lipinski definition) is 5. The van der Waals surface area contributed by atoms with Crippen molar-refractivity contribution in [3.8, 4) is 5.75 Å². The topological polar surface area (TPSA) is 86.3 Å². The molecule has 0 aliphatic heterocycles. The number of ether oxygens (including phenoxy) is 1. The van der Waals surface area contributed by atoms with E-state index in [1.165, 1.54) is 3.97 Å². The zero-order valence-electron chi connectivity index (χ0n) is 14.3. The molecule has 0 spiro atoms. The molecule has 0 aliphatic carbocycles. The lowest BCUT2D eigenvalue weighted by Gasteiger charge is -2.09. The van der Waals surface area contributed by atoms with Crippen molar-refractivity contribution >= 4 is 36.9 Å². The third kappa shape index (κ3) is 3.50. The van der Waals surface area contributed by atoms with E-state index < -0.39 is 10.0 Å². The molecule has 0 unspecified atom stereocenters. The zero-order chi connectivity index (χ0) is 18.7. The van der Waals surface area contributed by atoms with E-state index in [4.69, 9.17) is 10.5 Å². The summed E-state index contributed by atoms with van der Waals surface area (Å²) in [5, 5.41) is 4.04. The van der Waals surface area contributed by atoms with Crippen molar-refractivity contribution in [3.05, 3.63) is 58.7 Å². The van der Waals surface area contributed by atoms with Gasteiger partial charge in [-0.25, -0.2) is 12.4 Å². The van der Waals surface area contributed by atoms with Gasteiger partial charge in [0.15, 0.2) is 0 Å². The zero-order valence-corrected chi connectivity index (χ0v) is 16.7. The van der Waals surface area contributed by atoms with Crippen LogP contribution in [0.25, 0.3) is 10.9 Å². The lowest BCUT2D eigenvalue weighted by molar-refractivity contribution is 0.415. The highest BCUT2D eigenvalue weighted by Gasteiger charge is 2.23. The van der Waals surface area contributed by atoms with Crippen LogP contribution in [0.3, 0.4) is 0 Å². The summed E-state index contributed by atoms with van der Waals surface area (Å²) in [4.78, 5) is 0.217. The first-order valence-corrected chi connectivity index (χ1v) is 10.3. The number of benzene rings is 2. The second-order valence-corrected chi connectivity index (χ2v) is 8.37. The number of rotatable bonds is 7. The maximum Gasteiger partial charge on any atom is 0.269 e. The molecule has 1 aromatic heterocycles. The van der Waals surface area contributed by atoms with Crippen LogP contribution in [-0.2, 0) is 16.6 Å². The van der Waals surface area contributed by atoms with Crippen molar-refractivity contribution < 1.29 is 13.2 Å². The van der Waals surface area contributed by atoms with Gasteiger partial charge in [-0.3, -0.25) is 0 Å². The van der Waals surface area contributed by atoms with Crippen molar-refractivity contribution in [2.75, 3.05) is 20.2 Å². The standard InChI is InChI=1S/C18H20BrN3O3S/c1-25-14-6-7-17-15(10-14)13(11-21-9-8-20)12-22(17)26(23,24)18-5-3-2-4-16(18)19/h2-7,10,12,21H,8-9,11,20H2,1H3. The van der Waals surface area contributed by atoms with E-state index in [-0.39, 0.29) is 4.90 Å². The Morgan fingerprint density at radius 2 is 2.00 bits per heavy atom. The van der Waals surface area contributed by atoms with Gasteiger partial charge in [0.2, 0.25) is 0 Å². The second kappa shape index (κ2) is 7.79. The Bertz CT molecular complexity index is 1030. The highest BCUT2D eigenvalue weighted by atomic mass is 79.9. The lowest BCUT2D eigenvalue weighted by Crippen LogP contribution is -2.21. The molecule has 0 fully saturated rings. The SMILES string of the molecule is COc1ccc2c(c1)c(CNCCN)cn2S(=O)(=O)c1ccccc1Br. The van der Waals surface area contributed by atoms with Gasteiger partial charge in [0.1, 0.15) is 10.6 Å². The highest BCUT2D eigenvalue weighted by Crippen LogP contribution is 2.31. The van der Waals surface area contributed by atoms with Crippen LogP contribution in [0.2, 0.25) is 0 Å². The van der Waals surface area contributed by atoms with Crippen LogP contribution < -0.4 is 15.8 Å². The summed E-state index contributed by atoms with van der Waals surface area (Å²) in [5.41, 5.74) is 7.00. The summed E-state index contributed by atoms with van der Waals surface area (Å²) in [6.07, 6.45) is 1.66. The first-order chi connectivity index (χ1) is 12.5. The van der Waals surface area contributed by atoms with E-state index in [2.05, 4.69) is 21.2 Å². The molecule has 0 saturated heterocycles. The number of halogens is 1. The molecule has 0 saturated carbocycles. The van der Waals surface area contributed by atoms with Crippen molar-refractivity contribution in [2.45, 2.75) is 11.4 Å². The molecule has 0 aliphatic rings. The Morgan fingerprint density at radius 1 is 1.23 bits per heavy atom. The number of aromatic nitrogens is 1. The van der Waals surface area contributed by atoms with Crippen molar-refractivity contribution in [3.63, 3.8) is 0 Å². The summed E-state index contributed by atoms with van der Waals surface area (Å²) >= 11 is 3.34. The molecule has 3 rings (SSSR count). The monoisotopic (exact) mass is 437 g/mol. The minimum Gasteiger partial charge on any atom is -0.497 e. The number of methoxy groups -OCH3 is 1. The van der Waals surface area contributed by atoms with Crippen LogP contribution in [0.1, 0.15) is 5.56 Å². The van der Waals surface area contributed by atoms with Crippen LogP contribution in [0, 0.1) is 0 Å². The fourth-order valence-electron chi connectivity index (χ4n) is 2.80. The van der Waals surface area contributed by atoms with Crippen molar-refractivity contribution in [1.29, 1.82) is 0 Å². The van der Waals surface area contributed by atoms with E-state index in [0.717, 1.165) is 10.9 Å². The second-order valence-electron chi connectivity index (χ2n) is 5.73. The Kier molecular flexibility index (Phi) is 5.67. The molecular formula is C18H20BrN3O3S. The van der Waals surface area contributed by atoms with Crippen molar-refractivity contribution in [1.82, 2.24) is 9.29 Å². The van der Waals surface area contributed by atoms with E-state index in [9.17, 15) is 8.42 Å². The van der Waals surface area contributed by atoms with Crippen LogP contribution in [0.15, 0.2) is 58.0 Å². The number of nitrogens with one attached hydrogen (secondary N) is 1. The van der Waals surface area contributed by atoms with Gasteiger partial charge in [-0.2, -0.15) is 0 Å². The highest BCUT2D eigenvalue weighted by molar-refractivity contribution is 9.10. The number of hydrogen-bond donors (Lipinski definition) is 2. The average molecular weight is 438 g/mol. The Hall–Kier alpha value is -1.87. The predicted octanol–water partition coefficient (Wildman–Crippen LogP) is 2.70. The van der Waals surface area contributed by atoms with Crippen LogP contribution in [0.4, 0.5) is 0 Å².